The van der Waals surface area contributed by atoms with Gasteiger partial charge in [0.05, 0.1) is 11.2 Å². The Morgan fingerprint density at radius 2 is 0.900 bits per heavy atom. The average molecular weight is 288 g/mol. The highest BCUT2D eigenvalue weighted by Gasteiger charge is 2.26. The third kappa shape index (κ3) is 7.02. The highest BCUT2D eigenvalue weighted by atomic mass is 16.3. The van der Waals surface area contributed by atoms with E-state index in [9.17, 15) is 10.2 Å². The van der Waals surface area contributed by atoms with Crippen LogP contribution in [0.2, 0.25) is 0 Å². The van der Waals surface area contributed by atoms with Crippen molar-refractivity contribution in [3.05, 3.63) is 0 Å². The molecule has 0 heterocycles. The van der Waals surface area contributed by atoms with Gasteiger partial charge >= 0.3 is 0 Å². The van der Waals surface area contributed by atoms with Crippen LogP contribution in [-0.2, 0) is 0 Å². The molecule has 0 fully saturated rings. The molecule has 0 unspecified atom stereocenters. The van der Waals surface area contributed by atoms with Crippen molar-refractivity contribution in [2.75, 3.05) is 40.3 Å². The smallest absolute Gasteiger partial charge is 0.0768 e. The zero-order valence-corrected chi connectivity index (χ0v) is 14.4. The molecule has 0 aliphatic carbocycles. The molecule has 0 radical (unpaired) electrons. The van der Waals surface area contributed by atoms with Gasteiger partial charge in [-0.25, -0.2) is 0 Å². The van der Waals surface area contributed by atoms with Gasteiger partial charge in [0.1, 0.15) is 0 Å². The SMILES string of the molecule is CCC(O)(CC)CN(C)CCN(C)CC(O)(CC)CC. The fourth-order valence-electron chi connectivity index (χ4n) is 2.45. The molecule has 20 heavy (non-hydrogen) atoms. The number of likely N-dealkylation sites (N-methyl/N-ethyl adjacent to an activating group) is 2. The van der Waals surface area contributed by atoms with Crippen molar-refractivity contribution in [3.8, 4) is 0 Å². The van der Waals surface area contributed by atoms with Gasteiger partial charge in [0.25, 0.3) is 0 Å². The van der Waals surface area contributed by atoms with Crippen LogP contribution in [0.15, 0.2) is 0 Å². The molecule has 4 nitrogen and oxygen atoms in total. The number of nitrogens with zero attached hydrogens (tertiary/aromatic N) is 2. The van der Waals surface area contributed by atoms with Crippen LogP contribution in [0.3, 0.4) is 0 Å². The van der Waals surface area contributed by atoms with Gasteiger partial charge in [0, 0.05) is 26.2 Å². The van der Waals surface area contributed by atoms with E-state index in [1.807, 2.05) is 27.7 Å². The Labute approximate surface area is 125 Å². The topological polar surface area (TPSA) is 46.9 Å². The van der Waals surface area contributed by atoms with E-state index in [0.717, 1.165) is 38.8 Å². The number of hydrogen-bond acceptors (Lipinski definition) is 4. The number of rotatable bonds is 11. The first-order chi connectivity index (χ1) is 9.24. The van der Waals surface area contributed by atoms with Gasteiger partial charge in [-0.15, -0.1) is 0 Å². The van der Waals surface area contributed by atoms with Crippen LogP contribution < -0.4 is 0 Å². The predicted molar refractivity (Wildman–Crippen MR) is 86.1 cm³/mol. The lowest BCUT2D eigenvalue weighted by Gasteiger charge is -2.34. The van der Waals surface area contributed by atoms with E-state index in [1.165, 1.54) is 0 Å². The molecular weight excluding hydrogens is 252 g/mol. The summed E-state index contributed by atoms with van der Waals surface area (Å²) in [6.45, 7) is 11.4. The molecule has 0 aromatic rings. The maximum atomic E-state index is 10.3. The second-order valence-corrected chi connectivity index (χ2v) is 6.34. The minimum Gasteiger partial charge on any atom is -0.389 e. The van der Waals surface area contributed by atoms with Crippen LogP contribution in [0, 0.1) is 0 Å². The van der Waals surface area contributed by atoms with Gasteiger partial charge in [-0.05, 0) is 39.8 Å². The number of hydrogen-bond donors (Lipinski definition) is 2. The maximum Gasteiger partial charge on any atom is 0.0768 e. The Kier molecular flexibility index (Phi) is 8.91. The van der Waals surface area contributed by atoms with Crippen LogP contribution in [0.25, 0.3) is 0 Å². The first-order valence-electron chi connectivity index (χ1n) is 8.06. The van der Waals surface area contributed by atoms with Crippen LogP contribution in [-0.4, -0.2) is 71.5 Å². The zero-order valence-electron chi connectivity index (χ0n) is 14.4. The fourth-order valence-corrected chi connectivity index (χ4v) is 2.45. The predicted octanol–water partition coefficient (Wildman–Crippen LogP) is 1.95. The molecule has 0 spiro atoms. The summed E-state index contributed by atoms with van der Waals surface area (Å²) in [4.78, 5) is 4.36. The molecule has 0 amide bonds. The Balaban J connectivity index is 4.15. The molecule has 0 saturated carbocycles. The normalized spacial score (nSPS) is 13.5. The molecule has 0 aliphatic heterocycles. The molecule has 0 aromatic heterocycles. The Hall–Kier alpha value is -0.160. The van der Waals surface area contributed by atoms with Crippen LogP contribution in [0.4, 0.5) is 0 Å². The standard InChI is InChI=1S/C16H36N2O2/c1-7-15(19,8-2)13-17(5)11-12-18(6)14-16(20,9-3)10-4/h19-20H,7-14H2,1-6H3. The quantitative estimate of drug-likeness (QED) is 0.610. The molecule has 0 aromatic carbocycles. The molecule has 0 bridgehead atoms. The fraction of sp³-hybridized carbons (Fsp3) is 1.00. The lowest BCUT2D eigenvalue weighted by Crippen LogP contribution is -2.45. The summed E-state index contributed by atoms with van der Waals surface area (Å²) in [5.74, 6) is 0. The van der Waals surface area contributed by atoms with E-state index in [-0.39, 0.29) is 0 Å². The van der Waals surface area contributed by atoms with E-state index < -0.39 is 11.2 Å². The van der Waals surface area contributed by atoms with E-state index in [0.29, 0.717) is 13.1 Å². The minimum atomic E-state index is -0.569. The summed E-state index contributed by atoms with van der Waals surface area (Å²) in [6, 6.07) is 0. The summed E-state index contributed by atoms with van der Waals surface area (Å²) >= 11 is 0. The number of aliphatic hydroxyl groups is 2. The van der Waals surface area contributed by atoms with Crippen molar-refractivity contribution in [3.63, 3.8) is 0 Å². The summed E-state index contributed by atoms with van der Waals surface area (Å²) in [5.41, 5.74) is -1.14. The van der Waals surface area contributed by atoms with Gasteiger partial charge in [-0.3, -0.25) is 0 Å². The Morgan fingerprint density at radius 1 is 0.650 bits per heavy atom. The Bertz CT molecular complexity index is 225. The van der Waals surface area contributed by atoms with Crippen LogP contribution in [0.5, 0.6) is 0 Å². The summed E-state index contributed by atoms with van der Waals surface area (Å²) in [6.07, 6.45) is 3.15. The second kappa shape index (κ2) is 8.98. The first kappa shape index (κ1) is 19.8. The van der Waals surface area contributed by atoms with Crippen molar-refractivity contribution in [2.45, 2.75) is 64.6 Å². The van der Waals surface area contributed by atoms with Gasteiger partial charge in [0.15, 0.2) is 0 Å². The van der Waals surface area contributed by atoms with Gasteiger partial charge in [0.2, 0.25) is 0 Å². The second-order valence-electron chi connectivity index (χ2n) is 6.34. The Morgan fingerprint density at radius 3 is 1.10 bits per heavy atom. The molecule has 2 N–H and O–H groups in total. The summed E-state index contributed by atoms with van der Waals surface area (Å²) in [5, 5.41) is 20.7. The van der Waals surface area contributed by atoms with E-state index >= 15 is 0 Å². The van der Waals surface area contributed by atoms with E-state index in [4.69, 9.17) is 0 Å². The van der Waals surface area contributed by atoms with Crippen LogP contribution in [0.1, 0.15) is 53.4 Å². The van der Waals surface area contributed by atoms with Crippen molar-refractivity contribution >= 4 is 0 Å². The molecular formula is C16H36N2O2. The molecule has 0 saturated heterocycles. The van der Waals surface area contributed by atoms with Crippen LogP contribution >= 0.6 is 0 Å². The molecule has 0 aliphatic rings. The molecule has 0 atom stereocenters. The molecule has 122 valence electrons. The maximum absolute atomic E-state index is 10.3. The van der Waals surface area contributed by atoms with Crippen molar-refractivity contribution in [1.29, 1.82) is 0 Å². The van der Waals surface area contributed by atoms with E-state index in [1.54, 1.807) is 0 Å². The molecule has 0 rings (SSSR count). The average Bonchev–Trinajstić information content (AvgIpc) is 2.44. The lowest BCUT2D eigenvalue weighted by molar-refractivity contribution is -0.00924. The van der Waals surface area contributed by atoms with E-state index in [2.05, 4.69) is 23.9 Å². The monoisotopic (exact) mass is 288 g/mol. The first-order valence-corrected chi connectivity index (χ1v) is 8.06. The lowest BCUT2D eigenvalue weighted by atomic mass is 9.96. The van der Waals surface area contributed by atoms with Gasteiger partial charge in [-0.1, -0.05) is 27.7 Å². The van der Waals surface area contributed by atoms with Gasteiger partial charge < -0.3 is 20.0 Å². The van der Waals surface area contributed by atoms with Gasteiger partial charge in [-0.2, -0.15) is 0 Å². The third-order valence-electron chi connectivity index (χ3n) is 4.62. The highest BCUT2D eigenvalue weighted by Crippen LogP contribution is 2.17. The zero-order chi connectivity index (χ0) is 15.8. The van der Waals surface area contributed by atoms with Crippen molar-refractivity contribution < 1.29 is 10.2 Å². The molecule has 4 heteroatoms. The van der Waals surface area contributed by atoms with Crippen molar-refractivity contribution in [1.82, 2.24) is 9.80 Å². The third-order valence-corrected chi connectivity index (χ3v) is 4.62. The highest BCUT2D eigenvalue weighted by molar-refractivity contribution is 4.80. The summed E-state index contributed by atoms with van der Waals surface area (Å²) in [7, 11) is 4.10. The minimum absolute atomic E-state index is 0.569. The summed E-state index contributed by atoms with van der Waals surface area (Å²) < 4.78 is 0. The largest absolute Gasteiger partial charge is 0.389 e. The van der Waals surface area contributed by atoms with Crippen molar-refractivity contribution in [2.24, 2.45) is 0 Å².